The number of aromatic nitrogens is 4. The second-order valence-electron chi connectivity index (χ2n) is 7.65. The van der Waals surface area contributed by atoms with Gasteiger partial charge in [-0.25, -0.2) is 15.0 Å². The van der Waals surface area contributed by atoms with Gasteiger partial charge in [-0.2, -0.15) is 0 Å². The normalized spacial score (nSPS) is 14.4. The van der Waals surface area contributed by atoms with Gasteiger partial charge in [0, 0.05) is 25.4 Å². The molecule has 0 saturated heterocycles. The highest BCUT2D eigenvalue weighted by Gasteiger charge is 2.38. The number of para-hydroxylation sites is 2. The van der Waals surface area contributed by atoms with Crippen LogP contribution in [0.3, 0.4) is 0 Å². The number of carbonyl (C=O) groups is 3. The number of benzene rings is 1. The molecule has 1 aliphatic heterocycles. The molecule has 9 nitrogen and oxygen atoms in total. The molecule has 0 radical (unpaired) electrons. The number of rotatable bonds is 7. The third kappa shape index (κ3) is 3.78. The lowest BCUT2D eigenvalue weighted by Gasteiger charge is -2.19. The molecule has 0 aliphatic carbocycles. The number of fused-ring (bicyclic) bond motifs is 2. The molecule has 9 heteroatoms. The van der Waals surface area contributed by atoms with Crippen LogP contribution in [0.2, 0.25) is 0 Å². The maximum Gasteiger partial charge on any atom is 0.281 e. The average molecular weight is 406 g/mol. The van der Waals surface area contributed by atoms with Gasteiger partial charge in [-0.1, -0.05) is 26.0 Å². The molecule has 3 aromatic rings. The Morgan fingerprint density at radius 3 is 2.40 bits per heavy atom. The Kier molecular flexibility index (Phi) is 5.26. The first-order chi connectivity index (χ1) is 14.4. The van der Waals surface area contributed by atoms with Crippen LogP contribution in [0.1, 0.15) is 59.5 Å². The Hall–Kier alpha value is -3.62. The van der Waals surface area contributed by atoms with E-state index in [1.165, 1.54) is 12.4 Å². The minimum atomic E-state index is -0.521. The molecule has 0 unspecified atom stereocenters. The summed E-state index contributed by atoms with van der Waals surface area (Å²) in [6.45, 7) is 4.11. The van der Waals surface area contributed by atoms with Crippen molar-refractivity contribution in [2.45, 2.75) is 32.7 Å². The van der Waals surface area contributed by atoms with Gasteiger partial charge in [0.25, 0.3) is 11.8 Å². The van der Waals surface area contributed by atoms with E-state index in [1.54, 1.807) is 0 Å². The van der Waals surface area contributed by atoms with Crippen LogP contribution in [-0.2, 0) is 4.79 Å². The molecule has 3 heterocycles. The van der Waals surface area contributed by atoms with E-state index in [9.17, 15) is 14.4 Å². The van der Waals surface area contributed by atoms with E-state index in [-0.39, 0.29) is 36.3 Å². The summed E-state index contributed by atoms with van der Waals surface area (Å²) in [6, 6.07) is 7.38. The van der Waals surface area contributed by atoms with Crippen molar-refractivity contribution < 1.29 is 14.4 Å². The van der Waals surface area contributed by atoms with Gasteiger partial charge in [0.05, 0.1) is 17.1 Å². The van der Waals surface area contributed by atoms with E-state index >= 15 is 0 Å². The van der Waals surface area contributed by atoms with Crippen LogP contribution in [0.4, 0.5) is 0 Å². The lowest BCUT2D eigenvalue weighted by atomic mass is 10.0. The summed E-state index contributed by atoms with van der Waals surface area (Å²) in [4.78, 5) is 54.1. The monoisotopic (exact) mass is 406 g/mol. The quantitative estimate of drug-likeness (QED) is 0.581. The number of hydrogen-bond acceptors (Lipinski definition) is 6. The summed E-state index contributed by atoms with van der Waals surface area (Å²) in [5.74, 6) is -0.290. The molecule has 1 aromatic carbocycles. The van der Waals surface area contributed by atoms with Crippen molar-refractivity contribution >= 4 is 28.8 Å². The second kappa shape index (κ2) is 8.02. The van der Waals surface area contributed by atoms with Crippen LogP contribution in [0, 0.1) is 5.92 Å². The first kappa shape index (κ1) is 19.7. The van der Waals surface area contributed by atoms with Gasteiger partial charge >= 0.3 is 0 Å². The van der Waals surface area contributed by atoms with Crippen molar-refractivity contribution in [3.63, 3.8) is 0 Å². The van der Waals surface area contributed by atoms with Crippen molar-refractivity contribution in [2.75, 3.05) is 6.54 Å². The van der Waals surface area contributed by atoms with E-state index in [0.29, 0.717) is 18.2 Å². The van der Waals surface area contributed by atoms with Crippen LogP contribution >= 0.6 is 0 Å². The van der Waals surface area contributed by atoms with E-state index < -0.39 is 11.8 Å². The van der Waals surface area contributed by atoms with Gasteiger partial charge in [0.15, 0.2) is 11.4 Å². The summed E-state index contributed by atoms with van der Waals surface area (Å²) >= 11 is 0. The molecule has 1 aliphatic rings. The van der Waals surface area contributed by atoms with E-state index in [0.717, 1.165) is 15.9 Å². The molecule has 30 heavy (non-hydrogen) atoms. The molecule has 2 aromatic heterocycles. The van der Waals surface area contributed by atoms with Crippen molar-refractivity contribution in [3.05, 3.63) is 53.9 Å². The number of hydrogen-bond donors (Lipinski definition) is 2. The zero-order valence-corrected chi connectivity index (χ0v) is 16.8. The van der Waals surface area contributed by atoms with Crippen LogP contribution in [0.25, 0.3) is 11.0 Å². The number of imide groups is 1. The third-order valence-electron chi connectivity index (χ3n) is 4.94. The van der Waals surface area contributed by atoms with Crippen molar-refractivity contribution in [3.8, 4) is 0 Å². The Morgan fingerprint density at radius 1 is 1.10 bits per heavy atom. The fraction of sp³-hybridized carbons (Fsp3) is 0.333. The molecule has 0 saturated carbocycles. The maximum absolute atomic E-state index is 12.6. The largest absolute Gasteiger partial charge is 0.346 e. The van der Waals surface area contributed by atoms with Crippen LogP contribution in [0.15, 0.2) is 36.7 Å². The minimum absolute atomic E-state index is 0.0136. The van der Waals surface area contributed by atoms with E-state index in [4.69, 9.17) is 0 Å². The molecule has 2 N–H and O–H groups in total. The summed E-state index contributed by atoms with van der Waals surface area (Å²) in [5, 5.41) is 2.99. The smallest absolute Gasteiger partial charge is 0.281 e. The number of nitrogens with one attached hydrogen (secondary N) is 2. The number of imidazole rings is 1. The first-order valence-corrected chi connectivity index (χ1v) is 9.85. The zero-order chi connectivity index (χ0) is 21.3. The molecular formula is C21H22N6O3. The van der Waals surface area contributed by atoms with E-state index in [2.05, 4.69) is 39.1 Å². The number of aromatic amines is 1. The molecule has 0 spiro atoms. The highest BCUT2D eigenvalue weighted by Crippen LogP contribution is 2.23. The van der Waals surface area contributed by atoms with Crippen molar-refractivity contribution in [2.24, 2.45) is 5.92 Å². The average Bonchev–Trinajstić information content (AvgIpc) is 3.26. The molecule has 0 bridgehead atoms. The van der Waals surface area contributed by atoms with E-state index in [1.807, 2.05) is 24.3 Å². The topological polar surface area (TPSA) is 121 Å². The molecule has 1 atom stereocenters. The third-order valence-corrected chi connectivity index (χ3v) is 4.94. The summed E-state index contributed by atoms with van der Waals surface area (Å²) in [5.41, 5.74) is 1.80. The van der Waals surface area contributed by atoms with Gasteiger partial charge in [0.1, 0.15) is 5.82 Å². The fourth-order valence-electron chi connectivity index (χ4n) is 3.53. The van der Waals surface area contributed by atoms with Gasteiger partial charge in [-0.05, 0) is 24.5 Å². The zero-order valence-electron chi connectivity index (χ0n) is 16.8. The Labute approximate surface area is 172 Å². The summed E-state index contributed by atoms with van der Waals surface area (Å²) < 4.78 is 0. The standard InChI is InChI=1S/C21H22N6O3/c1-12(2)11-15(19-25-13-5-3-4-6-14(13)26-19)24-16(28)7-10-27-20(29)17-18(21(27)30)23-9-8-22-17/h3-6,8-9,12,15H,7,10-11H2,1-2H3,(H,24,28)(H,25,26)/t15-/m1/s1. The van der Waals surface area contributed by atoms with Crippen LogP contribution in [0.5, 0.6) is 0 Å². The van der Waals surface area contributed by atoms with Gasteiger partial charge in [-0.3, -0.25) is 19.3 Å². The fourth-order valence-corrected chi connectivity index (χ4v) is 3.53. The summed E-state index contributed by atoms with van der Waals surface area (Å²) in [6.07, 6.45) is 3.42. The SMILES string of the molecule is CC(C)C[C@@H](NC(=O)CCN1C(=O)c2nccnc2C1=O)c1nc2ccccc2[nH]1. The first-order valence-electron chi connectivity index (χ1n) is 9.85. The minimum Gasteiger partial charge on any atom is -0.346 e. The molecule has 154 valence electrons. The van der Waals surface area contributed by atoms with Crippen molar-refractivity contribution in [1.29, 1.82) is 0 Å². The lowest BCUT2D eigenvalue weighted by molar-refractivity contribution is -0.122. The predicted octanol–water partition coefficient (Wildman–Crippen LogP) is 2.24. The number of nitrogens with zero attached hydrogens (tertiary/aromatic N) is 4. The predicted molar refractivity (Wildman–Crippen MR) is 108 cm³/mol. The molecule has 0 fully saturated rings. The highest BCUT2D eigenvalue weighted by atomic mass is 16.2. The number of H-pyrrole nitrogens is 1. The Morgan fingerprint density at radius 2 is 1.77 bits per heavy atom. The number of amides is 3. The maximum atomic E-state index is 12.6. The van der Waals surface area contributed by atoms with Gasteiger partial charge in [-0.15, -0.1) is 0 Å². The highest BCUT2D eigenvalue weighted by molar-refractivity contribution is 6.19. The van der Waals surface area contributed by atoms with Crippen molar-refractivity contribution in [1.82, 2.24) is 30.2 Å². The van der Waals surface area contributed by atoms with Crippen LogP contribution in [-0.4, -0.2) is 49.1 Å². The Bertz CT molecular complexity index is 1050. The summed E-state index contributed by atoms with van der Waals surface area (Å²) in [7, 11) is 0. The Balaban J connectivity index is 1.43. The van der Waals surface area contributed by atoms with Crippen LogP contribution < -0.4 is 5.32 Å². The van der Waals surface area contributed by atoms with Gasteiger partial charge < -0.3 is 10.3 Å². The molecule has 3 amide bonds. The number of carbonyl (C=O) groups excluding carboxylic acids is 3. The second-order valence-corrected chi connectivity index (χ2v) is 7.65. The molecular weight excluding hydrogens is 384 g/mol. The lowest BCUT2D eigenvalue weighted by Crippen LogP contribution is -2.36. The molecule has 4 rings (SSSR count). The van der Waals surface area contributed by atoms with Gasteiger partial charge in [0.2, 0.25) is 5.91 Å².